The zero-order valence-corrected chi connectivity index (χ0v) is 15.2. The lowest BCUT2D eigenvalue weighted by Gasteiger charge is -2.21. The van der Waals surface area contributed by atoms with Crippen LogP contribution in [0, 0.1) is 0 Å². The average Bonchev–Trinajstić information content (AvgIpc) is 2.57. The van der Waals surface area contributed by atoms with Crippen LogP contribution in [0.3, 0.4) is 0 Å². The Kier molecular flexibility index (Phi) is 7.70. The summed E-state index contributed by atoms with van der Waals surface area (Å²) < 4.78 is 0. The number of nitrogens with zero attached hydrogens (tertiary/aromatic N) is 2. The summed E-state index contributed by atoms with van der Waals surface area (Å²) in [5, 5.41) is 0. The SMILES string of the molecule is C=C(C)/C=C\C(=C)CC(=C)/C=C\C(=C)N(C)c1ncccc1CC. The molecule has 0 unspecified atom stereocenters. The first-order chi connectivity index (χ1) is 11.3. The summed E-state index contributed by atoms with van der Waals surface area (Å²) in [5.74, 6) is 0.939. The van der Waals surface area contributed by atoms with Crippen LogP contribution in [-0.4, -0.2) is 12.0 Å². The molecular weight excluding hydrogens is 292 g/mol. The molecule has 1 heterocycles. The summed E-state index contributed by atoms with van der Waals surface area (Å²) in [6, 6.07) is 4.05. The van der Waals surface area contributed by atoms with Gasteiger partial charge in [0.05, 0.1) is 0 Å². The fourth-order valence-corrected chi connectivity index (χ4v) is 2.14. The van der Waals surface area contributed by atoms with Crippen LogP contribution in [0.2, 0.25) is 0 Å². The molecule has 0 N–H and O–H groups in total. The van der Waals surface area contributed by atoms with Gasteiger partial charge in [0, 0.05) is 18.9 Å². The van der Waals surface area contributed by atoms with Crippen molar-refractivity contribution in [3.63, 3.8) is 0 Å². The number of aryl methyl sites for hydroxylation is 1. The Bertz CT molecular complexity index is 690. The Balaban J connectivity index is 2.69. The van der Waals surface area contributed by atoms with Gasteiger partial charge in [-0.2, -0.15) is 0 Å². The molecule has 0 aromatic carbocycles. The maximum absolute atomic E-state index is 4.46. The minimum atomic E-state index is 0.723. The van der Waals surface area contributed by atoms with Gasteiger partial charge >= 0.3 is 0 Å². The fraction of sp³-hybridized carbons (Fsp3) is 0.227. The minimum Gasteiger partial charge on any atom is -0.330 e. The highest BCUT2D eigenvalue weighted by Gasteiger charge is 2.08. The molecule has 0 spiro atoms. The van der Waals surface area contributed by atoms with E-state index in [0.29, 0.717) is 0 Å². The number of likely N-dealkylation sites (N-methyl/N-ethyl adjacent to an activating group) is 1. The van der Waals surface area contributed by atoms with E-state index < -0.39 is 0 Å². The molecule has 0 bridgehead atoms. The summed E-state index contributed by atoms with van der Waals surface area (Å²) >= 11 is 0. The number of hydrogen-bond acceptors (Lipinski definition) is 2. The van der Waals surface area contributed by atoms with Gasteiger partial charge in [-0.25, -0.2) is 4.98 Å². The largest absolute Gasteiger partial charge is 0.330 e. The highest BCUT2D eigenvalue weighted by atomic mass is 15.2. The molecule has 2 nitrogen and oxygen atoms in total. The van der Waals surface area contributed by atoms with Gasteiger partial charge in [-0.15, -0.1) is 0 Å². The molecule has 0 saturated carbocycles. The number of pyridine rings is 1. The smallest absolute Gasteiger partial charge is 0.135 e. The molecule has 0 aliphatic carbocycles. The standard InChI is InChI=1S/C22H28N2/c1-8-21-10-9-15-23-22(21)24(7)20(6)14-13-19(5)16-18(4)12-11-17(2)3/h9-15H,2,4-6,8,16H2,1,3,7H3/b12-11-,14-13-. The quantitative estimate of drug-likeness (QED) is 0.536. The third-order valence-corrected chi connectivity index (χ3v) is 3.57. The Morgan fingerprint density at radius 1 is 1.08 bits per heavy atom. The number of allylic oxidation sites excluding steroid dienone is 7. The number of rotatable bonds is 9. The number of aromatic nitrogens is 1. The fourth-order valence-electron chi connectivity index (χ4n) is 2.14. The molecule has 0 radical (unpaired) electrons. The van der Waals surface area contributed by atoms with Crippen molar-refractivity contribution in [2.75, 3.05) is 11.9 Å². The normalized spacial score (nSPS) is 11.0. The maximum Gasteiger partial charge on any atom is 0.135 e. The van der Waals surface area contributed by atoms with E-state index in [1.807, 2.05) is 49.2 Å². The van der Waals surface area contributed by atoms with Crippen molar-refractivity contribution in [2.45, 2.75) is 26.7 Å². The molecule has 0 aliphatic rings. The van der Waals surface area contributed by atoms with Crippen molar-refractivity contribution >= 4 is 5.82 Å². The van der Waals surface area contributed by atoms with Crippen LogP contribution in [0.4, 0.5) is 5.82 Å². The summed E-state index contributed by atoms with van der Waals surface area (Å²) in [5.41, 5.74) is 5.07. The predicted octanol–water partition coefficient (Wildman–Crippen LogP) is 5.78. The zero-order chi connectivity index (χ0) is 18.1. The van der Waals surface area contributed by atoms with E-state index in [-0.39, 0.29) is 0 Å². The molecule has 0 fully saturated rings. The molecule has 0 atom stereocenters. The first-order valence-corrected chi connectivity index (χ1v) is 8.08. The number of hydrogen-bond donors (Lipinski definition) is 0. The highest BCUT2D eigenvalue weighted by molar-refractivity contribution is 5.53. The Hall–Kier alpha value is -2.61. The Morgan fingerprint density at radius 3 is 2.29 bits per heavy atom. The molecule has 0 saturated heterocycles. The van der Waals surface area contributed by atoms with Crippen molar-refractivity contribution in [3.05, 3.63) is 96.9 Å². The second-order valence-corrected chi connectivity index (χ2v) is 5.90. The molecule has 126 valence electrons. The van der Waals surface area contributed by atoms with E-state index in [0.717, 1.165) is 41.1 Å². The van der Waals surface area contributed by atoms with Crippen molar-refractivity contribution in [3.8, 4) is 0 Å². The summed E-state index contributed by atoms with van der Waals surface area (Å²) in [7, 11) is 1.98. The van der Waals surface area contributed by atoms with Crippen LogP contribution in [0.15, 0.2) is 91.4 Å². The van der Waals surface area contributed by atoms with Gasteiger partial charge in [-0.3, -0.25) is 0 Å². The van der Waals surface area contributed by atoms with Gasteiger partial charge in [0.1, 0.15) is 5.82 Å². The average molecular weight is 320 g/mol. The lowest BCUT2D eigenvalue weighted by atomic mass is 10.1. The molecule has 1 aromatic heterocycles. The van der Waals surface area contributed by atoms with Gasteiger partial charge < -0.3 is 4.90 Å². The van der Waals surface area contributed by atoms with Gasteiger partial charge in [0.25, 0.3) is 0 Å². The first-order valence-electron chi connectivity index (χ1n) is 8.08. The molecule has 1 rings (SSSR count). The first kappa shape index (κ1) is 19.4. The summed E-state index contributed by atoms with van der Waals surface area (Å²) in [6.07, 6.45) is 11.3. The molecule has 0 amide bonds. The van der Waals surface area contributed by atoms with Crippen LogP contribution in [-0.2, 0) is 6.42 Å². The topological polar surface area (TPSA) is 16.1 Å². The lowest BCUT2D eigenvalue weighted by Crippen LogP contribution is -2.17. The monoisotopic (exact) mass is 320 g/mol. The third-order valence-electron chi connectivity index (χ3n) is 3.57. The second kappa shape index (κ2) is 9.51. The minimum absolute atomic E-state index is 0.723. The van der Waals surface area contributed by atoms with Crippen molar-refractivity contribution in [2.24, 2.45) is 0 Å². The van der Waals surface area contributed by atoms with E-state index in [1.165, 1.54) is 5.56 Å². The van der Waals surface area contributed by atoms with E-state index in [2.05, 4.69) is 44.3 Å². The van der Waals surface area contributed by atoms with Crippen LogP contribution < -0.4 is 4.90 Å². The van der Waals surface area contributed by atoms with Crippen LogP contribution >= 0.6 is 0 Å². The predicted molar refractivity (Wildman–Crippen MR) is 107 cm³/mol. The van der Waals surface area contributed by atoms with E-state index >= 15 is 0 Å². The molecular formula is C22H28N2. The van der Waals surface area contributed by atoms with Crippen LogP contribution in [0.1, 0.15) is 25.8 Å². The lowest BCUT2D eigenvalue weighted by molar-refractivity contribution is 1.02. The summed E-state index contributed by atoms with van der Waals surface area (Å²) in [4.78, 5) is 6.46. The van der Waals surface area contributed by atoms with E-state index in [4.69, 9.17) is 0 Å². The highest BCUT2D eigenvalue weighted by Crippen LogP contribution is 2.20. The van der Waals surface area contributed by atoms with Gasteiger partial charge in [-0.05, 0) is 37.5 Å². The molecule has 1 aromatic rings. The molecule has 0 aliphatic heterocycles. The van der Waals surface area contributed by atoms with Crippen molar-refractivity contribution in [1.82, 2.24) is 4.98 Å². The molecule has 24 heavy (non-hydrogen) atoms. The number of anilines is 1. The molecule has 2 heteroatoms. The van der Waals surface area contributed by atoms with Gasteiger partial charge in [0.15, 0.2) is 0 Å². The zero-order valence-electron chi connectivity index (χ0n) is 15.2. The second-order valence-electron chi connectivity index (χ2n) is 5.90. The van der Waals surface area contributed by atoms with Crippen molar-refractivity contribution in [1.29, 1.82) is 0 Å². The van der Waals surface area contributed by atoms with E-state index in [1.54, 1.807) is 6.20 Å². The van der Waals surface area contributed by atoms with Gasteiger partial charge in [0.2, 0.25) is 0 Å². The van der Waals surface area contributed by atoms with E-state index in [9.17, 15) is 0 Å². The summed E-state index contributed by atoms with van der Waals surface area (Å²) in [6.45, 7) is 20.2. The van der Waals surface area contributed by atoms with Crippen LogP contribution in [0.5, 0.6) is 0 Å². The maximum atomic E-state index is 4.46. The van der Waals surface area contributed by atoms with Crippen molar-refractivity contribution < 1.29 is 0 Å². The van der Waals surface area contributed by atoms with Gasteiger partial charge in [-0.1, -0.05) is 74.3 Å². The Morgan fingerprint density at radius 2 is 1.71 bits per heavy atom. The Labute approximate surface area is 146 Å². The third kappa shape index (κ3) is 6.25. The van der Waals surface area contributed by atoms with Crippen LogP contribution in [0.25, 0.3) is 0 Å².